The van der Waals surface area contributed by atoms with Gasteiger partial charge in [-0.2, -0.15) is 10.2 Å². The highest BCUT2D eigenvalue weighted by molar-refractivity contribution is 6.42. The van der Waals surface area contributed by atoms with E-state index in [1.807, 2.05) is 56.3 Å². The van der Waals surface area contributed by atoms with Gasteiger partial charge in [0.1, 0.15) is 5.56 Å². The maximum absolute atomic E-state index is 13.1. The van der Waals surface area contributed by atoms with Crippen LogP contribution in [0.1, 0.15) is 27.2 Å². The number of hydrogen-bond acceptors (Lipinski definition) is 4. The third kappa shape index (κ3) is 4.27. The van der Waals surface area contributed by atoms with Crippen LogP contribution < -0.4 is 5.32 Å². The molecular weight excluding hydrogens is 471 g/mol. The van der Waals surface area contributed by atoms with Gasteiger partial charge in [0.25, 0.3) is 5.91 Å². The number of rotatable bonds is 5. The van der Waals surface area contributed by atoms with Crippen LogP contribution in [0.2, 0.25) is 10.0 Å². The van der Waals surface area contributed by atoms with Crippen LogP contribution in [0.15, 0.2) is 67.0 Å². The Morgan fingerprint density at radius 3 is 2.56 bits per heavy atom. The summed E-state index contributed by atoms with van der Waals surface area (Å²) in [5.41, 5.74) is 5.70. The second-order valence-electron chi connectivity index (χ2n) is 8.02. The molecule has 34 heavy (non-hydrogen) atoms. The van der Waals surface area contributed by atoms with Crippen molar-refractivity contribution in [2.45, 2.75) is 20.4 Å². The molecule has 9 heteroatoms. The Hall–Kier alpha value is -3.68. The highest BCUT2D eigenvalue weighted by Crippen LogP contribution is 2.24. The van der Waals surface area contributed by atoms with Crippen molar-refractivity contribution < 1.29 is 4.79 Å². The van der Waals surface area contributed by atoms with Gasteiger partial charge < -0.3 is 5.32 Å². The monoisotopic (exact) mass is 490 g/mol. The molecule has 2 aromatic carbocycles. The van der Waals surface area contributed by atoms with Crippen molar-refractivity contribution >= 4 is 40.6 Å². The summed E-state index contributed by atoms with van der Waals surface area (Å²) in [6.45, 7) is 4.46. The first-order chi connectivity index (χ1) is 16.4. The molecule has 1 N–H and O–H groups in total. The van der Waals surface area contributed by atoms with Crippen molar-refractivity contribution in [1.29, 1.82) is 0 Å². The summed E-state index contributed by atoms with van der Waals surface area (Å²) in [6.07, 6.45) is 3.20. The van der Waals surface area contributed by atoms with E-state index in [9.17, 15) is 4.79 Å². The summed E-state index contributed by atoms with van der Waals surface area (Å²) in [5, 5.41) is 12.8. The molecular formula is C25H20Cl2N6O. The number of halogens is 2. The van der Waals surface area contributed by atoms with E-state index in [-0.39, 0.29) is 5.91 Å². The van der Waals surface area contributed by atoms with E-state index in [0.29, 0.717) is 33.6 Å². The van der Waals surface area contributed by atoms with Gasteiger partial charge in [-0.15, -0.1) is 0 Å². The summed E-state index contributed by atoms with van der Waals surface area (Å²) < 4.78 is 3.47. The molecule has 170 valence electrons. The molecule has 3 aromatic heterocycles. The molecule has 5 rings (SSSR count). The lowest BCUT2D eigenvalue weighted by Gasteiger charge is -2.06. The number of hydrogen-bond donors (Lipinski definition) is 1. The highest BCUT2D eigenvalue weighted by atomic mass is 35.5. The maximum atomic E-state index is 13.1. The van der Waals surface area contributed by atoms with Gasteiger partial charge in [0.05, 0.1) is 28.5 Å². The number of nitrogens with one attached hydrogen (secondary N) is 1. The Morgan fingerprint density at radius 2 is 1.79 bits per heavy atom. The Bertz CT molecular complexity index is 1520. The minimum atomic E-state index is -0.331. The van der Waals surface area contributed by atoms with Crippen LogP contribution in [0.25, 0.3) is 16.9 Å². The van der Waals surface area contributed by atoms with Crippen molar-refractivity contribution in [2.75, 3.05) is 5.32 Å². The summed E-state index contributed by atoms with van der Waals surface area (Å²) in [6, 6.07) is 17.3. The Balaban J connectivity index is 1.39. The minimum Gasteiger partial charge on any atom is -0.305 e. The van der Waals surface area contributed by atoms with Crippen LogP contribution in [-0.4, -0.2) is 30.3 Å². The predicted molar refractivity (Wildman–Crippen MR) is 134 cm³/mol. The number of carbonyl (C=O) groups excluding carboxylic acids is 1. The van der Waals surface area contributed by atoms with Gasteiger partial charge in [-0.25, -0.2) is 9.50 Å². The fraction of sp³-hybridized carbons (Fsp3) is 0.120. The fourth-order valence-electron chi connectivity index (χ4n) is 3.72. The van der Waals surface area contributed by atoms with Gasteiger partial charge in [-0.05, 0) is 37.6 Å². The number of benzene rings is 2. The van der Waals surface area contributed by atoms with Crippen LogP contribution in [0.5, 0.6) is 0 Å². The van der Waals surface area contributed by atoms with E-state index >= 15 is 0 Å². The molecule has 0 saturated heterocycles. The van der Waals surface area contributed by atoms with Gasteiger partial charge in [-0.3, -0.25) is 9.48 Å². The molecule has 0 bridgehead atoms. The zero-order valence-electron chi connectivity index (χ0n) is 18.5. The number of aryl methyl sites for hydroxylation is 2. The first-order valence-electron chi connectivity index (χ1n) is 10.6. The van der Waals surface area contributed by atoms with E-state index in [1.54, 1.807) is 27.5 Å². The van der Waals surface area contributed by atoms with E-state index in [0.717, 1.165) is 22.5 Å². The van der Waals surface area contributed by atoms with Crippen molar-refractivity contribution in [1.82, 2.24) is 24.4 Å². The lowest BCUT2D eigenvalue weighted by molar-refractivity contribution is 0.102. The Morgan fingerprint density at radius 1 is 1.00 bits per heavy atom. The third-order valence-corrected chi connectivity index (χ3v) is 6.27. The summed E-state index contributed by atoms with van der Waals surface area (Å²) in [4.78, 5) is 17.4. The zero-order valence-corrected chi connectivity index (χ0v) is 20.0. The standard InChI is InChI=1S/C25H20Cl2N6O/c1-15-3-6-18(7-4-15)22-9-10-28-24-19(13-29-33(22)24)25(34)30-23-11-16(2)32(31-23)14-17-5-8-20(26)21(27)12-17/h3-13H,14H2,1-2H3,(H,30,31,34). The molecule has 0 aliphatic rings. The van der Waals surface area contributed by atoms with Crippen LogP contribution >= 0.6 is 23.2 Å². The molecule has 0 radical (unpaired) electrons. The van der Waals surface area contributed by atoms with Crippen LogP contribution in [0, 0.1) is 13.8 Å². The smallest absolute Gasteiger partial charge is 0.262 e. The minimum absolute atomic E-state index is 0.331. The van der Waals surface area contributed by atoms with Gasteiger partial charge in [0.15, 0.2) is 11.5 Å². The molecule has 0 saturated carbocycles. The van der Waals surface area contributed by atoms with Crippen molar-refractivity contribution in [3.63, 3.8) is 0 Å². The van der Waals surface area contributed by atoms with E-state index in [1.165, 1.54) is 11.8 Å². The SMILES string of the molecule is Cc1ccc(-c2ccnc3c(C(=O)Nc4cc(C)n(Cc5ccc(Cl)c(Cl)c5)n4)cnn23)cc1. The first-order valence-corrected chi connectivity index (χ1v) is 11.3. The molecule has 0 aliphatic heterocycles. The average molecular weight is 491 g/mol. The molecule has 7 nitrogen and oxygen atoms in total. The normalized spacial score (nSPS) is 11.2. The second kappa shape index (κ2) is 8.93. The zero-order chi connectivity index (χ0) is 23.8. The number of anilines is 1. The van der Waals surface area contributed by atoms with Crippen molar-refractivity contribution in [3.8, 4) is 11.3 Å². The van der Waals surface area contributed by atoms with Crippen molar-refractivity contribution in [3.05, 3.63) is 99.4 Å². The number of carbonyl (C=O) groups is 1. The summed E-state index contributed by atoms with van der Waals surface area (Å²) in [7, 11) is 0. The van der Waals surface area contributed by atoms with Crippen molar-refractivity contribution in [2.24, 2.45) is 0 Å². The predicted octanol–water partition coefficient (Wildman–Crippen LogP) is 5.82. The third-order valence-electron chi connectivity index (χ3n) is 5.53. The summed E-state index contributed by atoms with van der Waals surface area (Å²) in [5.74, 6) is 0.111. The largest absolute Gasteiger partial charge is 0.305 e. The molecule has 0 unspecified atom stereocenters. The maximum Gasteiger partial charge on any atom is 0.262 e. The quantitative estimate of drug-likeness (QED) is 0.336. The van der Waals surface area contributed by atoms with Gasteiger partial charge in [0, 0.05) is 23.5 Å². The molecule has 0 atom stereocenters. The van der Waals surface area contributed by atoms with E-state index < -0.39 is 0 Å². The topological polar surface area (TPSA) is 77.1 Å². The first kappa shape index (κ1) is 22.1. The fourth-order valence-corrected chi connectivity index (χ4v) is 4.04. The van der Waals surface area contributed by atoms with Crippen LogP contribution in [0.3, 0.4) is 0 Å². The molecule has 0 spiro atoms. The van der Waals surface area contributed by atoms with Crippen LogP contribution in [-0.2, 0) is 6.54 Å². The molecule has 5 aromatic rings. The van der Waals surface area contributed by atoms with Gasteiger partial charge in [-0.1, -0.05) is 59.1 Å². The van der Waals surface area contributed by atoms with E-state index in [4.69, 9.17) is 23.2 Å². The molecule has 3 heterocycles. The number of nitrogens with zero attached hydrogens (tertiary/aromatic N) is 5. The lowest BCUT2D eigenvalue weighted by atomic mass is 10.1. The van der Waals surface area contributed by atoms with Gasteiger partial charge in [0.2, 0.25) is 0 Å². The molecule has 1 amide bonds. The highest BCUT2D eigenvalue weighted by Gasteiger charge is 2.18. The number of aromatic nitrogens is 5. The number of fused-ring (bicyclic) bond motifs is 1. The molecule has 0 fully saturated rings. The Kier molecular flexibility index (Phi) is 5.81. The van der Waals surface area contributed by atoms with Gasteiger partial charge >= 0.3 is 0 Å². The lowest BCUT2D eigenvalue weighted by Crippen LogP contribution is -2.13. The Labute approximate surface area is 206 Å². The average Bonchev–Trinajstić information content (AvgIpc) is 3.40. The van der Waals surface area contributed by atoms with E-state index in [2.05, 4.69) is 20.5 Å². The van der Waals surface area contributed by atoms with Crippen LogP contribution in [0.4, 0.5) is 5.82 Å². The number of amides is 1. The molecule has 0 aliphatic carbocycles. The summed E-state index contributed by atoms with van der Waals surface area (Å²) >= 11 is 12.1. The second-order valence-corrected chi connectivity index (χ2v) is 8.84.